The lowest BCUT2D eigenvalue weighted by Gasteiger charge is -2.32. The summed E-state index contributed by atoms with van der Waals surface area (Å²) in [4.78, 5) is 13.8. The average Bonchev–Trinajstić information content (AvgIpc) is 2.28. The van der Waals surface area contributed by atoms with Crippen molar-refractivity contribution in [2.75, 3.05) is 19.6 Å². The fourth-order valence-corrected chi connectivity index (χ4v) is 1.99. The first-order chi connectivity index (χ1) is 8.08. The third-order valence-electron chi connectivity index (χ3n) is 2.87. The molecule has 5 nitrogen and oxygen atoms in total. The van der Waals surface area contributed by atoms with Crippen molar-refractivity contribution in [3.63, 3.8) is 0 Å². The second-order valence-electron chi connectivity index (χ2n) is 4.31. The largest absolute Gasteiger partial charge is 0.508 e. The topological polar surface area (TPSA) is 72.8 Å². The molecule has 1 aromatic rings. The van der Waals surface area contributed by atoms with E-state index in [-0.39, 0.29) is 29.0 Å². The van der Waals surface area contributed by atoms with Crippen molar-refractivity contribution in [3.8, 4) is 11.5 Å². The van der Waals surface area contributed by atoms with Crippen molar-refractivity contribution in [1.29, 1.82) is 0 Å². The Hall–Kier alpha value is -1.75. The van der Waals surface area contributed by atoms with Crippen molar-refractivity contribution >= 4 is 5.91 Å². The third kappa shape index (κ3) is 2.50. The Bertz CT molecular complexity index is 434. The van der Waals surface area contributed by atoms with Gasteiger partial charge in [0.15, 0.2) is 0 Å². The fraction of sp³-hybridized carbons (Fsp3) is 0.417. The molecule has 1 heterocycles. The lowest BCUT2D eigenvalue weighted by molar-refractivity contribution is 0.0706. The van der Waals surface area contributed by atoms with E-state index in [0.29, 0.717) is 13.1 Å². The Balaban J connectivity index is 2.18. The van der Waals surface area contributed by atoms with Crippen molar-refractivity contribution in [1.82, 2.24) is 10.2 Å². The normalized spacial score (nSPS) is 20.3. The predicted octanol–water partition coefficient (Wildman–Crippen LogP) is 0.532. The van der Waals surface area contributed by atoms with Gasteiger partial charge in [0.05, 0.1) is 5.56 Å². The maximum Gasteiger partial charge on any atom is 0.257 e. The van der Waals surface area contributed by atoms with Crippen LogP contribution in [0, 0.1) is 0 Å². The highest BCUT2D eigenvalue weighted by atomic mass is 16.3. The Labute approximate surface area is 99.7 Å². The molecule has 0 spiro atoms. The number of benzene rings is 1. The first-order valence-electron chi connectivity index (χ1n) is 5.62. The minimum Gasteiger partial charge on any atom is -0.508 e. The maximum atomic E-state index is 12.1. The minimum absolute atomic E-state index is 0.0484. The number of rotatable bonds is 1. The summed E-state index contributed by atoms with van der Waals surface area (Å²) in [6, 6.07) is 4.28. The van der Waals surface area contributed by atoms with Gasteiger partial charge in [-0.05, 0) is 19.1 Å². The second-order valence-corrected chi connectivity index (χ2v) is 4.31. The van der Waals surface area contributed by atoms with E-state index in [1.165, 1.54) is 18.2 Å². The number of nitrogens with one attached hydrogen (secondary N) is 1. The molecule has 1 fully saturated rings. The van der Waals surface area contributed by atoms with Crippen LogP contribution >= 0.6 is 0 Å². The van der Waals surface area contributed by atoms with Crippen LogP contribution in [-0.2, 0) is 0 Å². The van der Waals surface area contributed by atoms with Gasteiger partial charge in [0.25, 0.3) is 5.91 Å². The molecule has 1 saturated heterocycles. The van der Waals surface area contributed by atoms with Gasteiger partial charge < -0.3 is 20.4 Å². The van der Waals surface area contributed by atoms with Crippen molar-refractivity contribution in [3.05, 3.63) is 23.8 Å². The lowest BCUT2D eigenvalue weighted by atomic mass is 10.1. The van der Waals surface area contributed by atoms with Gasteiger partial charge >= 0.3 is 0 Å². The molecule has 92 valence electrons. The van der Waals surface area contributed by atoms with Crippen LogP contribution in [0.5, 0.6) is 11.5 Å². The van der Waals surface area contributed by atoms with E-state index < -0.39 is 0 Å². The zero-order valence-corrected chi connectivity index (χ0v) is 9.68. The highest BCUT2D eigenvalue weighted by Crippen LogP contribution is 2.24. The zero-order valence-electron chi connectivity index (χ0n) is 9.68. The van der Waals surface area contributed by atoms with Gasteiger partial charge in [-0.2, -0.15) is 0 Å². The molecule has 0 saturated carbocycles. The second kappa shape index (κ2) is 4.63. The highest BCUT2D eigenvalue weighted by molar-refractivity contribution is 5.97. The molecule has 2 rings (SSSR count). The molecule has 0 bridgehead atoms. The summed E-state index contributed by atoms with van der Waals surface area (Å²) in [5.74, 6) is -0.426. The van der Waals surface area contributed by atoms with Crippen LogP contribution in [0.3, 0.4) is 0 Å². The van der Waals surface area contributed by atoms with Crippen LogP contribution in [0.4, 0.5) is 0 Å². The van der Waals surface area contributed by atoms with Gasteiger partial charge in [0.1, 0.15) is 11.5 Å². The van der Waals surface area contributed by atoms with E-state index in [9.17, 15) is 15.0 Å². The summed E-state index contributed by atoms with van der Waals surface area (Å²) < 4.78 is 0. The van der Waals surface area contributed by atoms with E-state index in [4.69, 9.17) is 0 Å². The summed E-state index contributed by atoms with van der Waals surface area (Å²) in [6.07, 6.45) is 0. The number of piperazine rings is 1. The molecule has 0 aromatic heterocycles. The Morgan fingerprint density at radius 1 is 1.47 bits per heavy atom. The molecule has 1 aliphatic heterocycles. The van der Waals surface area contributed by atoms with E-state index >= 15 is 0 Å². The van der Waals surface area contributed by atoms with Crippen LogP contribution in [0.15, 0.2) is 18.2 Å². The van der Waals surface area contributed by atoms with Gasteiger partial charge in [-0.1, -0.05) is 0 Å². The molecule has 1 aromatic carbocycles. The van der Waals surface area contributed by atoms with Crippen LogP contribution in [0.1, 0.15) is 17.3 Å². The average molecular weight is 236 g/mol. The summed E-state index contributed by atoms with van der Waals surface area (Å²) in [7, 11) is 0. The van der Waals surface area contributed by atoms with E-state index in [0.717, 1.165) is 6.54 Å². The van der Waals surface area contributed by atoms with Gasteiger partial charge in [-0.3, -0.25) is 4.79 Å². The van der Waals surface area contributed by atoms with E-state index in [1.807, 2.05) is 6.92 Å². The lowest BCUT2D eigenvalue weighted by Crippen LogP contribution is -2.51. The van der Waals surface area contributed by atoms with Gasteiger partial charge in [0.2, 0.25) is 0 Å². The molecular weight excluding hydrogens is 220 g/mol. The minimum atomic E-state index is -0.198. The first kappa shape index (κ1) is 11.7. The number of amides is 1. The van der Waals surface area contributed by atoms with Crippen molar-refractivity contribution < 1.29 is 15.0 Å². The number of phenolic OH excluding ortho intramolecular Hbond substituents is 2. The fourth-order valence-electron chi connectivity index (χ4n) is 1.99. The quantitative estimate of drug-likeness (QED) is 0.665. The molecular formula is C12H16N2O3. The smallest absolute Gasteiger partial charge is 0.257 e. The Morgan fingerprint density at radius 3 is 2.88 bits per heavy atom. The molecule has 17 heavy (non-hydrogen) atoms. The maximum absolute atomic E-state index is 12.1. The van der Waals surface area contributed by atoms with Crippen LogP contribution < -0.4 is 5.32 Å². The number of nitrogens with zero attached hydrogens (tertiary/aromatic N) is 1. The molecule has 1 aliphatic rings. The molecule has 3 N–H and O–H groups in total. The van der Waals surface area contributed by atoms with Gasteiger partial charge in [-0.25, -0.2) is 0 Å². The molecule has 0 aliphatic carbocycles. The van der Waals surface area contributed by atoms with Crippen LogP contribution in [0.2, 0.25) is 0 Å². The summed E-state index contributed by atoms with van der Waals surface area (Å²) >= 11 is 0. The monoisotopic (exact) mass is 236 g/mol. The van der Waals surface area contributed by atoms with Crippen molar-refractivity contribution in [2.24, 2.45) is 0 Å². The SMILES string of the molecule is CC1CN(C(=O)c2ccc(O)cc2O)CCN1. The molecule has 1 amide bonds. The number of phenols is 2. The molecule has 1 atom stereocenters. The first-order valence-corrected chi connectivity index (χ1v) is 5.62. The zero-order chi connectivity index (χ0) is 12.4. The summed E-state index contributed by atoms with van der Waals surface area (Å²) in [6.45, 7) is 4.02. The molecule has 1 unspecified atom stereocenters. The van der Waals surface area contributed by atoms with Gasteiger partial charge in [-0.15, -0.1) is 0 Å². The third-order valence-corrected chi connectivity index (χ3v) is 2.87. The number of hydrogen-bond acceptors (Lipinski definition) is 4. The number of carbonyl (C=O) groups excluding carboxylic acids is 1. The van der Waals surface area contributed by atoms with Crippen LogP contribution in [-0.4, -0.2) is 46.7 Å². The van der Waals surface area contributed by atoms with E-state index in [2.05, 4.69) is 5.32 Å². The number of aromatic hydroxyl groups is 2. The van der Waals surface area contributed by atoms with Crippen LogP contribution in [0.25, 0.3) is 0 Å². The highest BCUT2D eigenvalue weighted by Gasteiger charge is 2.23. The van der Waals surface area contributed by atoms with E-state index in [1.54, 1.807) is 4.90 Å². The molecule has 0 radical (unpaired) electrons. The summed E-state index contributed by atoms with van der Waals surface area (Å²) in [5.41, 5.74) is 0.233. The number of hydrogen-bond donors (Lipinski definition) is 3. The Morgan fingerprint density at radius 2 is 2.24 bits per heavy atom. The summed E-state index contributed by atoms with van der Waals surface area (Å²) in [5, 5.41) is 22.1. The number of carbonyl (C=O) groups is 1. The van der Waals surface area contributed by atoms with Gasteiger partial charge in [0, 0.05) is 31.7 Å². The standard InChI is InChI=1S/C12H16N2O3/c1-8-7-14(5-4-13-8)12(17)10-3-2-9(15)6-11(10)16/h2-3,6,8,13,15-16H,4-5,7H2,1H3. The molecule has 5 heteroatoms. The predicted molar refractivity (Wildman–Crippen MR) is 63.1 cm³/mol. The Kier molecular flexibility index (Phi) is 3.19. The van der Waals surface area contributed by atoms with Crippen molar-refractivity contribution in [2.45, 2.75) is 13.0 Å².